The molecule has 2 aromatic carbocycles. The Morgan fingerprint density at radius 1 is 1.03 bits per heavy atom. The molecule has 1 heterocycles. The molecule has 0 saturated carbocycles. The highest BCUT2D eigenvalue weighted by Crippen LogP contribution is 2.18. The number of hydrogen-bond acceptors (Lipinski definition) is 3. The van der Waals surface area contributed by atoms with Gasteiger partial charge in [-0.2, -0.15) is 0 Å². The number of pyridine rings is 1. The first-order valence-corrected chi connectivity index (χ1v) is 10.5. The van der Waals surface area contributed by atoms with Crippen molar-refractivity contribution < 1.29 is 4.74 Å². The molecule has 3 rings (SSSR count). The highest BCUT2D eigenvalue weighted by molar-refractivity contribution is 14.0. The van der Waals surface area contributed by atoms with E-state index in [4.69, 9.17) is 9.73 Å². The molecule has 1 aromatic heterocycles. The van der Waals surface area contributed by atoms with Crippen molar-refractivity contribution >= 4 is 29.9 Å². The zero-order valence-corrected chi connectivity index (χ0v) is 21.2. The number of guanidine groups is 1. The molecule has 170 valence electrons. The highest BCUT2D eigenvalue weighted by Gasteiger charge is 2.10. The summed E-state index contributed by atoms with van der Waals surface area (Å²) in [6.07, 6.45) is 1.81. The average Bonchev–Trinajstić information content (AvgIpc) is 2.79. The third kappa shape index (κ3) is 7.12. The molecule has 0 bridgehead atoms. The second-order valence-electron chi connectivity index (χ2n) is 7.32. The maximum Gasteiger partial charge on any atom is 0.250 e. The SMILES string of the molecule is CCNC(=NCc1ccc(Cn2ccccc2=O)cc1)N(C)Cc1ccccc1OC.I. The molecule has 0 aliphatic carbocycles. The minimum atomic E-state index is 0. The van der Waals surface area contributed by atoms with E-state index in [0.717, 1.165) is 34.9 Å². The topological polar surface area (TPSA) is 58.9 Å². The predicted molar refractivity (Wildman–Crippen MR) is 141 cm³/mol. The van der Waals surface area contributed by atoms with Crippen LogP contribution >= 0.6 is 24.0 Å². The summed E-state index contributed by atoms with van der Waals surface area (Å²) in [4.78, 5) is 18.8. The molecular weight excluding hydrogens is 515 g/mol. The molecule has 0 spiro atoms. The Morgan fingerprint density at radius 2 is 1.72 bits per heavy atom. The summed E-state index contributed by atoms with van der Waals surface area (Å²) >= 11 is 0. The number of aromatic nitrogens is 1. The van der Waals surface area contributed by atoms with E-state index in [2.05, 4.69) is 47.5 Å². The summed E-state index contributed by atoms with van der Waals surface area (Å²) < 4.78 is 7.17. The number of hydrogen-bond donors (Lipinski definition) is 1. The molecule has 0 saturated heterocycles. The van der Waals surface area contributed by atoms with E-state index in [1.54, 1.807) is 30.0 Å². The molecule has 0 unspecified atom stereocenters. The number of para-hydroxylation sites is 1. The molecule has 0 aliphatic heterocycles. The lowest BCUT2D eigenvalue weighted by Gasteiger charge is -2.23. The number of rotatable bonds is 8. The summed E-state index contributed by atoms with van der Waals surface area (Å²) in [5.41, 5.74) is 3.31. The van der Waals surface area contributed by atoms with Crippen molar-refractivity contribution in [3.8, 4) is 5.75 Å². The molecule has 0 atom stereocenters. The van der Waals surface area contributed by atoms with Crippen LogP contribution in [0.1, 0.15) is 23.6 Å². The zero-order chi connectivity index (χ0) is 22.1. The van der Waals surface area contributed by atoms with Gasteiger partial charge in [0.15, 0.2) is 5.96 Å². The minimum Gasteiger partial charge on any atom is -0.496 e. The van der Waals surface area contributed by atoms with E-state index < -0.39 is 0 Å². The lowest BCUT2D eigenvalue weighted by molar-refractivity contribution is 0.396. The Morgan fingerprint density at radius 3 is 2.41 bits per heavy atom. The van der Waals surface area contributed by atoms with Crippen LogP contribution in [0.4, 0.5) is 0 Å². The van der Waals surface area contributed by atoms with E-state index in [0.29, 0.717) is 19.6 Å². The molecule has 0 amide bonds. The van der Waals surface area contributed by atoms with Gasteiger partial charge in [-0.3, -0.25) is 4.79 Å². The third-order valence-electron chi connectivity index (χ3n) is 4.98. The number of ether oxygens (including phenoxy) is 1. The lowest BCUT2D eigenvalue weighted by atomic mass is 10.1. The van der Waals surface area contributed by atoms with Crippen molar-refractivity contribution in [1.82, 2.24) is 14.8 Å². The van der Waals surface area contributed by atoms with Crippen molar-refractivity contribution in [2.75, 3.05) is 20.7 Å². The largest absolute Gasteiger partial charge is 0.496 e. The summed E-state index contributed by atoms with van der Waals surface area (Å²) in [6, 6.07) is 21.5. The van der Waals surface area contributed by atoms with Crippen LogP contribution in [0.5, 0.6) is 5.75 Å². The van der Waals surface area contributed by atoms with Gasteiger partial charge in [-0.05, 0) is 30.2 Å². The second-order valence-corrected chi connectivity index (χ2v) is 7.32. The van der Waals surface area contributed by atoms with Crippen LogP contribution in [0.15, 0.2) is 82.7 Å². The molecular formula is C25H31IN4O2. The maximum atomic E-state index is 11.9. The van der Waals surface area contributed by atoms with Gasteiger partial charge in [-0.1, -0.05) is 48.5 Å². The molecule has 6 nitrogen and oxygen atoms in total. The summed E-state index contributed by atoms with van der Waals surface area (Å²) in [5.74, 6) is 1.71. The first-order chi connectivity index (χ1) is 15.1. The minimum absolute atomic E-state index is 0. The Bertz CT molecular complexity index is 1060. The number of aliphatic imine (C=N–C) groups is 1. The monoisotopic (exact) mass is 546 g/mol. The first kappa shape index (κ1) is 25.5. The van der Waals surface area contributed by atoms with Crippen molar-refractivity contribution in [2.24, 2.45) is 4.99 Å². The van der Waals surface area contributed by atoms with Gasteiger partial charge in [0.05, 0.1) is 20.2 Å². The Hall–Kier alpha value is -2.81. The van der Waals surface area contributed by atoms with E-state index >= 15 is 0 Å². The second kappa shape index (κ2) is 12.9. The number of halogens is 1. The number of benzene rings is 2. The van der Waals surface area contributed by atoms with Gasteiger partial charge >= 0.3 is 0 Å². The normalized spacial score (nSPS) is 10.9. The average molecular weight is 546 g/mol. The molecule has 3 aromatic rings. The van der Waals surface area contributed by atoms with Crippen molar-refractivity contribution in [2.45, 2.75) is 26.6 Å². The molecule has 1 N–H and O–H groups in total. The summed E-state index contributed by atoms with van der Waals surface area (Å²) in [6.45, 7) is 4.69. The zero-order valence-electron chi connectivity index (χ0n) is 18.8. The van der Waals surface area contributed by atoms with E-state index in [1.165, 1.54) is 0 Å². The Kier molecular flexibility index (Phi) is 10.3. The van der Waals surface area contributed by atoms with Crippen LogP contribution in [0.2, 0.25) is 0 Å². The Labute approximate surface area is 207 Å². The van der Waals surface area contributed by atoms with E-state index in [9.17, 15) is 4.79 Å². The number of nitrogens with zero attached hydrogens (tertiary/aromatic N) is 3. The number of methoxy groups -OCH3 is 1. The van der Waals surface area contributed by atoms with E-state index in [-0.39, 0.29) is 29.5 Å². The molecule has 0 radical (unpaired) electrons. The Balaban J connectivity index is 0.00000363. The molecule has 0 aliphatic rings. The van der Waals surface area contributed by atoms with Crippen molar-refractivity contribution in [3.63, 3.8) is 0 Å². The molecule has 7 heteroatoms. The van der Waals surface area contributed by atoms with Crippen molar-refractivity contribution in [3.05, 3.63) is 100.0 Å². The van der Waals surface area contributed by atoms with Gasteiger partial charge in [-0.15, -0.1) is 24.0 Å². The van der Waals surface area contributed by atoms with Gasteiger partial charge in [-0.25, -0.2) is 4.99 Å². The lowest BCUT2D eigenvalue weighted by Crippen LogP contribution is -2.38. The van der Waals surface area contributed by atoms with Gasteiger partial charge < -0.3 is 19.5 Å². The standard InChI is InChI=1S/C25H30N4O2.HI/c1-4-26-25(28(2)19-22-9-5-6-10-23(22)31-3)27-17-20-12-14-21(15-13-20)18-29-16-8-7-11-24(29)30;/h5-16H,4,17-19H2,1-3H3,(H,26,27);1H. The van der Waals surface area contributed by atoms with Gasteiger partial charge in [0.25, 0.3) is 5.56 Å². The summed E-state index contributed by atoms with van der Waals surface area (Å²) in [7, 11) is 3.71. The fraction of sp³-hybridized carbons (Fsp3) is 0.280. The fourth-order valence-corrected chi connectivity index (χ4v) is 3.34. The molecule has 0 fully saturated rings. The van der Waals surface area contributed by atoms with E-state index in [1.807, 2.05) is 31.3 Å². The first-order valence-electron chi connectivity index (χ1n) is 10.5. The van der Waals surface area contributed by atoms with Crippen LogP contribution in [-0.4, -0.2) is 36.1 Å². The highest BCUT2D eigenvalue weighted by atomic mass is 127. The predicted octanol–water partition coefficient (Wildman–Crippen LogP) is 4.12. The quantitative estimate of drug-likeness (QED) is 0.263. The number of nitrogens with one attached hydrogen (secondary N) is 1. The van der Waals surface area contributed by atoms with Crippen molar-refractivity contribution in [1.29, 1.82) is 0 Å². The fourth-order valence-electron chi connectivity index (χ4n) is 3.34. The van der Waals surface area contributed by atoms with Crippen LogP contribution in [0, 0.1) is 0 Å². The van der Waals surface area contributed by atoms with Crippen LogP contribution in [0.3, 0.4) is 0 Å². The third-order valence-corrected chi connectivity index (χ3v) is 4.98. The molecule has 32 heavy (non-hydrogen) atoms. The van der Waals surface area contributed by atoms with Crippen LogP contribution in [0.25, 0.3) is 0 Å². The van der Waals surface area contributed by atoms with Gasteiger partial charge in [0.1, 0.15) is 5.75 Å². The smallest absolute Gasteiger partial charge is 0.250 e. The van der Waals surface area contributed by atoms with Gasteiger partial charge in [0, 0.05) is 38.0 Å². The van der Waals surface area contributed by atoms with Crippen LogP contribution in [-0.2, 0) is 19.6 Å². The summed E-state index contributed by atoms with van der Waals surface area (Å²) in [5, 5.41) is 3.36. The maximum absolute atomic E-state index is 11.9. The van der Waals surface area contributed by atoms with Gasteiger partial charge in [0.2, 0.25) is 0 Å². The van der Waals surface area contributed by atoms with Crippen LogP contribution < -0.4 is 15.6 Å².